The fraction of sp³-hybridized carbons (Fsp3) is 0.263. The minimum atomic E-state index is -0.724. The van der Waals surface area contributed by atoms with E-state index in [1.807, 2.05) is 26.0 Å². The number of nitrogens with zero attached hydrogens (tertiary/aromatic N) is 1. The molecule has 2 amide bonds. The number of rotatable bonds is 4. The summed E-state index contributed by atoms with van der Waals surface area (Å²) in [5.74, 6) is -0.699. The number of aryl methyl sites for hydroxylation is 3. The second kappa shape index (κ2) is 7.06. The highest BCUT2D eigenvalue weighted by atomic mass is 16.6. The Bertz CT molecular complexity index is 955. The number of anilines is 3. The molecular formula is C19H20N4O4. The zero-order valence-electron chi connectivity index (χ0n) is 15.3. The Labute approximate surface area is 156 Å². The number of hydrogen-bond acceptors (Lipinski definition) is 5. The quantitative estimate of drug-likeness (QED) is 0.566. The van der Waals surface area contributed by atoms with Gasteiger partial charge < -0.3 is 16.0 Å². The third-order valence-electron chi connectivity index (χ3n) is 4.63. The van der Waals surface area contributed by atoms with Gasteiger partial charge in [-0.25, -0.2) is 0 Å². The topological polar surface area (TPSA) is 113 Å². The number of nitro groups is 1. The largest absolute Gasteiger partial charge is 0.372 e. The van der Waals surface area contributed by atoms with Gasteiger partial charge in [0.2, 0.25) is 11.8 Å². The van der Waals surface area contributed by atoms with E-state index in [-0.39, 0.29) is 18.0 Å². The van der Waals surface area contributed by atoms with Crippen molar-refractivity contribution in [2.75, 3.05) is 16.0 Å². The maximum absolute atomic E-state index is 12.4. The van der Waals surface area contributed by atoms with Gasteiger partial charge in [-0.1, -0.05) is 6.07 Å². The van der Waals surface area contributed by atoms with E-state index < -0.39 is 16.9 Å². The van der Waals surface area contributed by atoms with Gasteiger partial charge in [-0.2, -0.15) is 0 Å². The van der Waals surface area contributed by atoms with Crippen LogP contribution in [0.2, 0.25) is 0 Å². The summed E-state index contributed by atoms with van der Waals surface area (Å²) in [6.45, 7) is 5.68. The maximum Gasteiger partial charge on any atom is 0.271 e. The van der Waals surface area contributed by atoms with E-state index in [2.05, 4.69) is 16.0 Å². The van der Waals surface area contributed by atoms with Crippen molar-refractivity contribution in [3.05, 3.63) is 57.1 Å². The van der Waals surface area contributed by atoms with Gasteiger partial charge in [0.1, 0.15) is 6.04 Å². The lowest BCUT2D eigenvalue weighted by molar-refractivity contribution is -0.384. The van der Waals surface area contributed by atoms with Gasteiger partial charge in [-0.05, 0) is 49.6 Å². The summed E-state index contributed by atoms with van der Waals surface area (Å²) in [5, 5.41) is 19.5. The number of amides is 2. The van der Waals surface area contributed by atoms with Crippen LogP contribution >= 0.6 is 0 Å². The van der Waals surface area contributed by atoms with Crippen LogP contribution in [0.15, 0.2) is 30.3 Å². The fourth-order valence-corrected chi connectivity index (χ4v) is 2.90. The number of carbonyl (C=O) groups is 2. The maximum atomic E-state index is 12.4. The Morgan fingerprint density at radius 3 is 2.44 bits per heavy atom. The third kappa shape index (κ3) is 3.89. The summed E-state index contributed by atoms with van der Waals surface area (Å²) >= 11 is 0. The molecule has 140 valence electrons. The highest BCUT2D eigenvalue weighted by Gasteiger charge is 2.28. The summed E-state index contributed by atoms with van der Waals surface area (Å²) in [6, 6.07) is 7.35. The first-order valence-electron chi connectivity index (χ1n) is 8.48. The van der Waals surface area contributed by atoms with Crippen molar-refractivity contribution in [2.45, 2.75) is 33.2 Å². The molecule has 3 N–H and O–H groups in total. The highest BCUT2D eigenvalue weighted by Crippen LogP contribution is 2.30. The molecule has 8 heteroatoms. The van der Waals surface area contributed by atoms with Crippen LogP contribution in [-0.2, 0) is 9.59 Å². The minimum absolute atomic E-state index is 0.0969. The highest BCUT2D eigenvalue weighted by molar-refractivity contribution is 6.06. The van der Waals surface area contributed by atoms with Crippen molar-refractivity contribution in [2.24, 2.45) is 0 Å². The Hall–Kier alpha value is -3.42. The Morgan fingerprint density at radius 1 is 1.11 bits per heavy atom. The fourth-order valence-electron chi connectivity index (χ4n) is 2.90. The normalized spacial score (nSPS) is 15.4. The molecular weight excluding hydrogens is 348 g/mol. The molecule has 3 rings (SSSR count). The minimum Gasteiger partial charge on any atom is -0.372 e. The first-order valence-corrected chi connectivity index (χ1v) is 8.48. The Kier molecular flexibility index (Phi) is 4.81. The van der Waals surface area contributed by atoms with Gasteiger partial charge >= 0.3 is 0 Å². The monoisotopic (exact) mass is 368 g/mol. The van der Waals surface area contributed by atoms with Crippen LogP contribution in [0.1, 0.15) is 23.1 Å². The molecule has 8 nitrogen and oxygen atoms in total. The molecule has 2 aromatic rings. The first kappa shape index (κ1) is 18.4. The molecule has 2 aromatic carbocycles. The molecule has 0 radical (unpaired) electrons. The van der Waals surface area contributed by atoms with E-state index in [9.17, 15) is 19.7 Å². The van der Waals surface area contributed by atoms with Gasteiger partial charge in [-0.3, -0.25) is 19.7 Å². The number of hydrogen-bond donors (Lipinski definition) is 3. The Balaban J connectivity index is 1.73. The third-order valence-corrected chi connectivity index (χ3v) is 4.63. The van der Waals surface area contributed by atoms with Crippen LogP contribution in [-0.4, -0.2) is 22.8 Å². The molecule has 0 spiro atoms. The lowest BCUT2D eigenvalue weighted by Crippen LogP contribution is -2.41. The van der Waals surface area contributed by atoms with Crippen LogP contribution < -0.4 is 16.0 Å². The number of benzene rings is 2. The van der Waals surface area contributed by atoms with Crippen molar-refractivity contribution in [3.8, 4) is 0 Å². The van der Waals surface area contributed by atoms with Gasteiger partial charge in [0.25, 0.3) is 5.69 Å². The summed E-state index contributed by atoms with van der Waals surface area (Å²) in [7, 11) is 0. The summed E-state index contributed by atoms with van der Waals surface area (Å²) in [5.41, 5.74) is 4.55. The lowest BCUT2D eigenvalue weighted by atomic mass is 10.0. The van der Waals surface area contributed by atoms with Crippen LogP contribution in [0.25, 0.3) is 0 Å². The predicted octanol–water partition coefficient (Wildman–Crippen LogP) is 3.28. The zero-order chi connectivity index (χ0) is 19.7. The molecule has 1 atom stereocenters. The molecule has 1 aliphatic heterocycles. The molecule has 1 aliphatic rings. The molecule has 27 heavy (non-hydrogen) atoms. The molecule has 0 bridgehead atoms. The molecule has 0 fully saturated rings. The van der Waals surface area contributed by atoms with Crippen molar-refractivity contribution in [3.63, 3.8) is 0 Å². The average molecular weight is 368 g/mol. The summed E-state index contributed by atoms with van der Waals surface area (Å²) in [4.78, 5) is 35.1. The molecule has 0 unspecified atom stereocenters. The van der Waals surface area contributed by atoms with Crippen molar-refractivity contribution < 1.29 is 14.5 Å². The first-order chi connectivity index (χ1) is 12.7. The van der Waals surface area contributed by atoms with E-state index in [1.165, 1.54) is 12.1 Å². The van der Waals surface area contributed by atoms with Gasteiger partial charge in [-0.15, -0.1) is 0 Å². The standard InChI is InChI=1S/C19H20N4O4/c1-10-4-5-13(23(26)27)8-14(10)21-18(24)9-17-19(25)22-16-7-12(3)11(2)6-15(16)20-17/h4-8,17,20H,9H2,1-3H3,(H,21,24)(H,22,25)/t17-/m0/s1. The molecule has 1 heterocycles. The predicted molar refractivity (Wildman–Crippen MR) is 103 cm³/mol. The lowest BCUT2D eigenvalue weighted by Gasteiger charge is -2.27. The van der Waals surface area contributed by atoms with Gasteiger partial charge in [0.15, 0.2) is 0 Å². The van der Waals surface area contributed by atoms with E-state index in [0.717, 1.165) is 16.8 Å². The number of nitro benzene ring substituents is 1. The molecule has 0 aliphatic carbocycles. The second-order valence-electron chi connectivity index (χ2n) is 6.68. The average Bonchev–Trinajstić information content (AvgIpc) is 2.59. The molecule has 0 saturated heterocycles. The zero-order valence-corrected chi connectivity index (χ0v) is 15.3. The van der Waals surface area contributed by atoms with Gasteiger partial charge in [0, 0.05) is 12.1 Å². The van der Waals surface area contributed by atoms with Gasteiger partial charge in [0.05, 0.1) is 28.4 Å². The SMILES string of the molecule is Cc1cc2c(cc1C)N[C@@H](CC(=O)Nc1cc([N+](=O)[O-])ccc1C)C(=O)N2. The van der Waals surface area contributed by atoms with E-state index in [4.69, 9.17) is 0 Å². The summed E-state index contributed by atoms with van der Waals surface area (Å²) in [6.07, 6.45) is -0.0969. The number of fused-ring (bicyclic) bond motifs is 1. The number of non-ortho nitro benzene ring substituents is 1. The number of carbonyl (C=O) groups excluding carboxylic acids is 2. The van der Waals surface area contributed by atoms with E-state index >= 15 is 0 Å². The summed E-state index contributed by atoms with van der Waals surface area (Å²) < 4.78 is 0. The smallest absolute Gasteiger partial charge is 0.271 e. The van der Waals surface area contributed by atoms with Crippen LogP contribution in [0, 0.1) is 30.9 Å². The van der Waals surface area contributed by atoms with Crippen LogP contribution in [0.4, 0.5) is 22.7 Å². The van der Waals surface area contributed by atoms with Crippen molar-refractivity contribution in [1.82, 2.24) is 0 Å². The molecule has 0 aromatic heterocycles. The molecule has 0 saturated carbocycles. The number of nitrogens with one attached hydrogen (secondary N) is 3. The van der Waals surface area contributed by atoms with E-state index in [0.29, 0.717) is 16.9 Å². The van der Waals surface area contributed by atoms with Crippen LogP contribution in [0.3, 0.4) is 0 Å². The van der Waals surface area contributed by atoms with Crippen molar-refractivity contribution in [1.29, 1.82) is 0 Å². The Morgan fingerprint density at radius 2 is 1.78 bits per heavy atom. The van der Waals surface area contributed by atoms with Crippen molar-refractivity contribution >= 4 is 34.6 Å². The second-order valence-corrected chi connectivity index (χ2v) is 6.68. The van der Waals surface area contributed by atoms with Crippen LogP contribution in [0.5, 0.6) is 0 Å². The van der Waals surface area contributed by atoms with E-state index in [1.54, 1.807) is 13.0 Å².